The van der Waals surface area contributed by atoms with Crippen LogP contribution in [0.5, 0.6) is 11.5 Å². The molecule has 4 heterocycles. The lowest BCUT2D eigenvalue weighted by molar-refractivity contribution is 0.0975. The van der Waals surface area contributed by atoms with E-state index in [0.29, 0.717) is 11.4 Å². The van der Waals surface area contributed by atoms with Crippen LogP contribution in [0.25, 0.3) is 10.9 Å². The van der Waals surface area contributed by atoms with Crippen LogP contribution in [0.1, 0.15) is 49.3 Å². The minimum absolute atomic E-state index is 0.108. The van der Waals surface area contributed by atoms with Crippen molar-refractivity contribution < 1.29 is 9.47 Å². The Morgan fingerprint density at radius 1 is 1.03 bits per heavy atom. The number of pyridine rings is 1. The number of benzene rings is 2. The third-order valence-corrected chi connectivity index (χ3v) is 7.40. The third-order valence-electron chi connectivity index (χ3n) is 7.40. The Bertz CT molecular complexity index is 1530. The van der Waals surface area contributed by atoms with Gasteiger partial charge in [0.15, 0.2) is 17.3 Å². The Kier molecular flexibility index (Phi) is 6.16. The van der Waals surface area contributed by atoms with Crippen molar-refractivity contribution in [2.75, 3.05) is 33.0 Å². The van der Waals surface area contributed by atoms with Crippen LogP contribution < -0.4 is 15.0 Å². The number of tetrazole rings is 1. The summed E-state index contributed by atoms with van der Waals surface area (Å²) >= 11 is 0. The molecule has 0 saturated carbocycles. The van der Waals surface area contributed by atoms with Gasteiger partial charge in [0.2, 0.25) is 6.79 Å². The average Bonchev–Trinajstić information content (AvgIpc) is 3.56. The van der Waals surface area contributed by atoms with Crippen molar-refractivity contribution in [3.8, 4) is 11.5 Å². The Morgan fingerprint density at radius 3 is 2.61 bits per heavy atom. The van der Waals surface area contributed by atoms with Gasteiger partial charge in [-0.3, -0.25) is 14.6 Å². The summed E-state index contributed by atoms with van der Waals surface area (Å²) in [5, 5.41) is 13.8. The first-order valence-electron chi connectivity index (χ1n) is 13.0. The molecule has 2 aliphatic rings. The van der Waals surface area contributed by atoms with Crippen molar-refractivity contribution in [2.24, 2.45) is 0 Å². The first-order valence-corrected chi connectivity index (χ1v) is 13.0. The Morgan fingerprint density at radius 2 is 1.82 bits per heavy atom. The highest BCUT2D eigenvalue weighted by molar-refractivity contribution is 5.82. The molecule has 4 aromatic rings. The fraction of sp³-hybridized carbons (Fsp3) is 0.429. The molecule has 0 spiro atoms. The van der Waals surface area contributed by atoms with Crippen LogP contribution in [0.3, 0.4) is 0 Å². The molecule has 0 radical (unpaired) electrons. The predicted molar refractivity (Wildman–Crippen MR) is 143 cm³/mol. The molecule has 6 rings (SSSR count). The molecule has 1 fully saturated rings. The van der Waals surface area contributed by atoms with Gasteiger partial charge in [-0.2, -0.15) is 0 Å². The second-order valence-corrected chi connectivity index (χ2v) is 11.1. The minimum atomic E-state index is -0.370. The van der Waals surface area contributed by atoms with Gasteiger partial charge >= 0.3 is 0 Å². The Hall–Kier alpha value is -3.76. The first-order chi connectivity index (χ1) is 18.3. The van der Waals surface area contributed by atoms with Crippen LogP contribution >= 0.6 is 0 Å². The number of nitrogens with zero attached hydrogens (tertiary/aromatic N) is 6. The normalized spacial score (nSPS) is 17.3. The highest BCUT2D eigenvalue weighted by Crippen LogP contribution is 2.34. The number of hydrogen-bond acceptors (Lipinski definition) is 8. The first kappa shape index (κ1) is 24.6. The number of aromatic nitrogens is 5. The van der Waals surface area contributed by atoms with Crippen molar-refractivity contribution in [3.63, 3.8) is 0 Å². The number of piperazine rings is 1. The smallest absolute Gasteiger partial charge is 0.253 e. The van der Waals surface area contributed by atoms with E-state index in [0.717, 1.165) is 60.7 Å². The van der Waals surface area contributed by atoms with E-state index in [1.54, 1.807) is 0 Å². The average molecular weight is 516 g/mol. The quantitative estimate of drug-likeness (QED) is 0.432. The monoisotopic (exact) mass is 515 g/mol. The van der Waals surface area contributed by atoms with Crippen molar-refractivity contribution in [1.29, 1.82) is 0 Å². The van der Waals surface area contributed by atoms with E-state index in [1.165, 1.54) is 5.56 Å². The fourth-order valence-electron chi connectivity index (χ4n) is 5.42. The molecular formula is C28H33N7O3. The van der Waals surface area contributed by atoms with Gasteiger partial charge in [0.1, 0.15) is 6.04 Å². The SMILES string of the molecule is Cc1cccc2cc([C@H](c3nnnn3C(C)(C)C)N3CCN(Cc4ccc5c(c4)OCO5)CC3)c(=O)[nH]c12. The maximum atomic E-state index is 13.5. The summed E-state index contributed by atoms with van der Waals surface area (Å²) in [5.74, 6) is 2.29. The van der Waals surface area contributed by atoms with Crippen molar-refractivity contribution in [2.45, 2.75) is 45.8 Å². The van der Waals surface area contributed by atoms with Crippen LogP contribution in [0.4, 0.5) is 0 Å². The molecule has 1 N–H and O–H groups in total. The number of rotatable bonds is 5. The summed E-state index contributed by atoms with van der Waals surface area (Å²) in [6.45, 7) is 12.6. The van der Waals surface area contributed by atoms with Crippen LogP contribution in [-0.4, -0.2) is 68.0 Å². The van der Waals surface area contributed by atoms with Gasteiger partial charge in [0.25, 0.3) is 5.56 Å². The number of aromatic amines is 1. The summed E-state index contributed by atoms with van der Waals surface area (Å²) in [4.78, 5) is 21.4. The van der Waals surface area contributed by atoms with Gasteiger partial charge < -0.3 is 14.5 Å². The lowest BCUT2D eigenvalue weighted by atomic mass is 10.00. The standard InChI is InChI=1S/C28H33N7O3/c1-18-6-5-7-20-15-21(27(36)29-24(18)20)25(26-30-31-32-35(26)28(2,3)4)34-12-10-33(11-13-34)16-19-8-9-22-23(14-19)38-17-37-22/h5-9,14-15,25H,10-13,16-17H2,1-4H3,(H,29,36)/t25-/m1/s1. The highest BCUT2D eigenvalue weighted by atomic mass is 16.7. The summed E-state index contributed by atoms with van der Waals surface area (Å²) in [6.07, 6.45) is 0. The summed E-state index contributed by atoms with van der Waals surface area (Å²) < 4.78 is 12.8. The molecule has 0 unspecified atom stereocenters. The molecule has 0 amide bonds. The predicted octanol–water partition coefficient (Wildman–Crippen LogP) is 3.21. The van der Waals surface area contributed by atoms with Crippen molar-refractivity contribution in [1.82, 2.24) is 35.0 Å². The number of aryl methyl sites for hydroxylation is 1. The van der Waals surface area contributed by atoms with Gasteiger partial charge in [0.05, 0.1) is 11.1 Å². The molecule has 38 heavy (non-hydrogen) atoms. The van der Waals surface area contributed by atoms with Gasteiger partial charge in [0, 0.05) is 38.3 Å². The van der Waals surface area contributed by atoms with E-state index in [-0.39, 0.29) is 23.9 Å². The molecule has 2 aromatic carbocycles. The zero-order chi connectivity index (χ0) is 26.4. The lowest BCUT2D eigenvalue weighted by Gasteiger charge is -2.39. The van der Waals surface area contributed by atoms with E-state index in [2.05, 4.69) is 63.2 Å². The van der Waals surface area contributed by atoms with Crippen LogP contribution in [0.15, 0.2) is 47.3 Å². The van der Waals surface area contributed by atoms with Gasteiger partial charge in [-0.15, -0.1) is 5.10 Å². The van der Waals surface area contributed by atoms with E-state index < -0.39 is 0 Å². The van der Waals surface area contributed by atoms with E-state index >= 15 is 0 Å². The lowest BCUT2D eigenvalue weighted by Crippen LogP contribution is -2.49. The number of H-pyrrole nitrogens is 1. The summed E-state index contributed by atoms with van der Waals surface area (Å²) in [7, 11) is 0. The number of nitrogens with one attached hydrogen (secondary N) is 1. The van der Waals surface area contributed by atoms with Gasteiger partial charge in [-0.25, -0.2) is 4.68 Å². The van der Waals surface area contributed by atoms with E-state index in [9.17, 15) is 4.79 Å². The maximum absolute atomic E-state index is 13.5. The second kappa shape index (κ2) is 9.52. The molecule has 198 valence electrons. The summed E-state index contributed by atoms with van der Waals surface area (Å²) in [5.41, 5.74) is 3.31. The molecule has 10 heteroatoms. The van der Waals surface area contributed by atoms with Crippen LogP contribution in [0, 0.1) is 6.92 Å². The maximum Gasteiger partial charge on any atom is 0.253 e. The number of para-hydroxylation sites is 1. The zero-order valence-electron chi connectivity index (χ0n) is 22.3. The fourth-order valence-corrected chi connectivity index (χ4v) is 5.42. The molecule has 1 saturated heterocycles. The second-order valence-electron chi connectivity index (χ2n) is 11.1. The molecular weight excluding hydrogens is 482 g/mol. The number of hydrogen-bond donors (Lipinski definition) is 1. The van der Waals surface area contributed by atoms with Crippen LogP contribution in [-0.2, 0) is 12.1 Å². The Labute approximate surface area is 221 Å². The molecule has 0 aliphatic carbocycles. The van der Waals surface area contributed by atoms with Gasteiger partial charge in [-0.1, -0.05) is 24.3 Å². The number of fused-ring (bicyclic) bond motifs is 2. The summed E-state index contributed by atoms with van der Waals surface area (Å²) in [6, 6.07) is 13.8. The molecule has 2 aromatic heterocycles. The van der Waals surface area contributed by atoms with E-state index in [1.807, 2.05) is 41.9 Å². The largest absolute Gasteiger partial charge is 0.454 e. The van der Waals surface area contributed by atoms with Gasteiger partial charge in [-0.05, 0) is 72.8 Å². The minimum Gasteiger partial charge on any atom is -0.454 e. The number of ether oxygens (including phenoxy) is 2. The van der Waals surface area contributed by atoms with Crippen molar-refractivity contribution >= 4 is 10.9 Å². The topological polar surface area (TPSA) is 101 Å². The highest BCUT2D eigenvalue weighted by Gasteiger charge is 2.35. The molecule has 10 nitrogen and oxygen atoms in total. The Balaban J connectivity index is 1.31. The zero-order valence-corrected chi connectivity index (χ0v) is 22.3. The van der Waals surface area contributed by atoms with Crippen LogP contribution in [0.2, 0.25) is 0 Å². The third kappa shape index (κ3) is 4.54. The molecule has 1 atom stereocenters. The molecule has 0 bridgehead atoms. The molecule has 2 aliphatic heterocycles. The van der Waals surface area contributed by atoms with E-state index in [4.69, 9.17) is 9.47 Å². The van der Waals surface area contributed by atoms with Crippen molar-refractivity contribution in [3.05, 3.63) is 75.3 Å².